The molecule has 2 aliphatic carbocycles. The zero-order chi connectivity index (χ0) is 15.4. The maximum absolute atomic E-state index is 12.4. The molecule has 0 amide bonds. The summed E-state index contributed by atoms with van der Waals surface area (Å²) in [6.07, 6.45) is 4.54. The molecule has 1 unspecified atom stereocenters. The molecule has 2 aliphatic rings. The molecular weight excluding hydrogens is 344 g/mol. The molecule has 0 N–H and O–H groups in total. The summed E-state index contributed by atoms with van der Waals surface area (Å²) in [6, 6.07) is 3.99. The molecular formula is C18H17BrO3. The van der Waals surface area contributed by atoms with E-state index in [0.717, 1.165) is 34.9 Å². The van der Waals surface area contributed by atoms with Crippen LogP contribution in [0.2, 0.25) is 0 Å². The van der Waals surface area contributed by atoms with Gasteiger partial charge in [0.25, 0.3) is 0 Å². The lowest BCUT2D eigenvalue weighted by atomic mass is 9.73. The fraction of sp³-hybridized carbons (Fsp3) is 0.389. The van der Waals surface area contributed by atoms with Gasteiger partial charge in [0.1, 0.15) is 4.83 Å². The van der Waals surface area contributed by atoms with Gasteiger partial charge in [-0.25, -0.2) is 0 Å². The number of ether oxygens (including phenoxy) is 2. The van der Waals surface area contributed by atoms with E-state index >= 15 is 0 Å². The number of carbonyl (C=O) groups is 1. The number of halogens is 1. The molecule has 0 heterocycles. The van der Waals surface area contributed by atoms with Gasteiger partial charge in [0.15, 0.2) is 17.3 Å². The molecule has 0 aromatic heterocycles. The first-order valence-electron chi connectivity index (χ1n) is 7.59. The highest BCUT2D eigenvalue weighted by atomic mass is 79.9. The number of carbonyl (C=O) groups excluding carboxylic acids is 1. The van der Waals surface area contributed by atoms with Crippen molar-refractivity contribution >= 4 is 32.5 Å². The summed E-state index contributed by atoms with van der Waals surface area (Å²) in [4.78, 5) is 12.3. The molecule has 0 fully saturated rings. The van der Waals surface area contributed by atoms with Crippen molar-refractivity contribution in [3.05, 3.63) is 34.4 Å². The van der Waals surface area contributed by atoms with E-state index in [0.29, 0.717) is 5.75 Å². The Kier molecular flexibility index (Phi) is 3.19. The molecule has 0 spiro atoms. The zero-order valence-electron chi connectivity index (χ0n) is 12.7. The van der Waals surface area contributed by atoms with Crippen LogP contribution in [0, 0.1) is 0 Å². The molecule has 3 nitrogen and oxygen atoms in total. The van der Waals surface area contributed by atoms with E-state index in [-0.39, 0.29) is 10.6 Å². The van der Waals surface area contributed by atoms with Crippen molar-refractivity contribution in [3.8, 4) is 11.5 Å². The first-order chi connectivity index (χ1) is 10.7. The topological polar surface area (TPSA) is 35.5 Å². The second-order valence-corrected chi connectivity index (χ2v) is 6.85. The van der Waals surface area contributed by atoms with Gasteiger partial charge >= 0.3 is 0 Å². The summed E-state index contributed by atoms with van der Waals surface area (Å²) in [5.74, 6) is 1.59. The third kappa shape index (κ3) is 1.70. The molecule has 2 aromatic rings. The van der Waals surface area contributed by atoms with Crippen LogP contribution in [0.4, 0.5) is 0 Å². The van der Waals surface area contributed by atoms with E-state index in [2.05, 4.69) is 15.9 Å². The van der Waals surface area contributed by atoms with E-state index < -0.39 is 0 Å². The van der Waals surface area contributed by atoms with Gasteiger partial charge in [-0.1, -0.05) is 15.9 Å². The van der Waals surface area contributed by atoms with E-state index in [1.54, 1.807) is 14.2 Å². The molecule has 0 saturated carbocycles. The van der Waals surface area contributed by atoms with Crippen LogP contribution in [0.5, 0.6) is 11.5 Å². The minimum Gasteiger partial charge on any atom is -0.493 e. The first kappa shape index (κ1) is 14.1. The Hall–Kier alpha value is -1.55. The molecule has 0 saturated heterocycles. The Labute approximate surface area is 137 Å². The predicted octanol–water partition coefficient (Wildman–Crippen LogP) is 4.37. The number of methoxy groups -OCH3 is 2. The number of hydrogen-bond acceptors (Lipinski definition) is 3. The second-order valence-electron chi connectivity index (χ2n) is 5.93. The lowest BCUT2D eigenvalue weighted by molar-refractivity contribution is 0.0967. The summed E-state index contributed by atoms with van der Waals surface area (Å²) in [6.45, 7) is 0. The summed E-state index contributed by atoms with van der Waals surface area (Å²) in [5, 5.41) is 2.16. The highest BCUT2D eigenvalue weighted by Crippen LogP contribution is 2.50. The fourth-order valence-corrected chi connectivity index (χ4v) is 4.59. The number of Topliss-reactive ketones (excluding diaryl/α,β-unsaturated/α-hetero) is 1. The number of alkyl halides is 1. The number of aryl methyl sites for hydroxylation is 1. The first-order valence-corrected chi connectivity index (χ1v) is 8.50. The van der Waals surface area contributed by atoms with Gasteiger partial charge in [0.05, 0.1) is 14.2 Å². The highest BCUT2D eigenvalue weighted by molar-refractivity contribution is 9.09. The van der Waals surface area contributed by atoms with E-state index in [9.17, 15) is 4.79 Å². The van der Waals surface area contributed by atoms with Crippen LogP contribution in [-0.2, 0) is 12.8 Å². The molecule has 4 heteroatoms. The number of benzene rings is 2. The van der Waals surface area contributed by atoms with Crippen LogP contribution in [0.3, 0.4) is 0 Å². The minimum absolute atomic E-state index is 0.133. The molecule has 114 valence electrons. The molecule has 2 aromatic carbocycles. The van der Waals surface area contributed by atoms with Gasteiger partial charge in [-0.2, -0.15) is 0 Å². The molecule has 0 radical (unpaired) electrons. The molecule has 22 heavy (non-hydrogen) atoms. The Morgan fingerprint density at radius 2 is 1.59 bits per heavy atom. The minimum atomic E-state index is -0.133. The van der Waals surface area contributed by atoms with Gasteiger partial charge < -0.3 is 9.47 Å². The van der Waals surface area contributed by atoms with Crippen LogP contribution in [0.15, 0.2) is 12.1 Å². The van der Waals surface area contributed by atoms with Crippen molar-refractivity contribution in [2.24, 2.45) is 0 Å². The largest absolute Gasteiger partial charge is 0.493 e. The van der Waals surface area contributed by atoms with E-state index in [1.165, 1.54) is 29.5 Å². The SMILES string of the molecule is COc1cc2c3c(c4c(c2cc1OC)C(=O)C4Br)CCCC3. The summed E-state index contributed by atoms with van der Waals surface area (Å²) in [5.41, 5.74) is 4.85. The van der Waals surface area contributed by atoms with Crippen LogP contribution >= 0.6 is 15.9 Å². The molecule has 0 bridgehead atoms. The highest BCUT2D eigenvalue weighted by Gasteiger charge is 2.40. The Balaban J connectivity index is 2.13. The summed E-state index contributed by atoms with van der Waals surface area (Å²) < 4.78 is 10.9. The van der Waals surface area contributed by atoms with Crippen LogP contribution < -0.4 is 9.47 Å². The van der Waals surface area contributed by atoms with Crippen LogP contribution in [0.1, 0.15) is 44.7 Å². The summed E-state index contributed by atoms with van der Waals surface area (Å²) in [7, 11) is 3.28. The average Bonchev–Trinajstić information content (AvgIpc) is 2.58. The number of fused-ring (bicyclic) bond motifs is 6. The van der Waals surface area contributed by atoms with Crippen molar-refractivity contribution in [3.63, 3.8) is 0 Å². The Morgan fingerprint density at radius 1 is 1.00 bits per heavy atom. The van der Waals surface area contributed by atoms with Gasteiger partial charge in [-0.05, 0) is 65.3 Å². The fourth-order valence-electron chi connectivity index (χ4n) is 3.86. The van der Waals surface area contributed by atoms with E-state index in [4.69, 9.17) is 9.47 Å². The van der Waals surface area contributed by atoms with Gasteiger partial charge in [-0.3, -0.25) is 4.79 Å². The molecule has 4 rings (SSSR count). The normalized spacial score (nSPS) is 19.4. The quantitative estimate of drug-likeness (QED) is 0.746. The predicted molar refractivity (Wildman–Crippen MR) is 89.7 cm³/mol. The summed E-state index contributed by atoms with van der Waals surface area (Å²) >= 11 is 3.55. The zero-order valence-corrected chi connectivity index (χ0v) is 14.2. The standard InChI is InChI=1S/C18H17BrO3/c1-21-13-7-11-9-5-3-4-6-10(9)15-16(18(20)17(15)19)12(11)8-14(13)22-2/h7-8,17H,3-6H2,1-2H3. The van der Waals surface area contributed by atoms with Crippen molar-refractivity contribution in [1.29, 1.82) is 0 Å². The Morgan fingerprint density at radius 3 is 2.23 bits per heavy atom. The second kappa shape index (κ2) is 4.98. The van der Waals surface area contributed by atoms with E-state index in [1.807, 2.05) is 12.1 Å². The lowest BCUT2D eigenvalue weighted by Crippen LogP contribution is -2.27. The van der Waals surface area contributed by atoms with Crippen LogP contribution in [-0.4, -0.2) is 20.0 Å². The maximum Gasteiger partial charge on any atom is 0.181 e. The lowest BCUT2D eigenvalue weighted by Gasteiger charge is -2.33. The van der Waals surface area contributed by atoms with Crippen molar-refractivity contribution in [2.45, 2.75) is 30.5 Å². The number of ketones is 1. The number of hydrogen-bond donors (Lipinski definition) is 0. The monoisotopic (exact) mass is 360 g/mol. The van der Waals surface area contributed by atoms with Crippen molar-refractivity contribution in [1.82, 2.24) is 0 Å². The third-order valence-corrected chi connectivity index (χ3v) is 5.78. The van der Waals surface area contributed by atoms with Gasteiger partial charge in [0.2, 0.25) is 0 Å². The smallest absolute Gasteiger partial charge is 0.181 e. The number of rotatable bonds is 2. The maximum atomic E-state index is 12.4. The van der Waals surface area contributed by atoms with Crippen molar-refractivity contribution in [2.75, 3.05) is 14.2 Å². The van der Waals surface area contributed by atoms with Gasteiger partial charge in [0, 0.05) is 5.56 Å². The average molecular weight is 361 g/mol. The molecule has 1 atom stereocenters. The Bertz CT molecular complexity index is 810. The van der Waals surface area contributed by atoms with Gasteiger partial charge in [-0.15, -0.1) is 0 Å². The van der Waals surface area contributed by atoms with Crippen molar-refractivity contribution < 1.29 is 14.3 Å². The third-order valence-electron chi connectivity index (χ3n) is 4.91. The molecule has 0 aliphatic heterocycles. The van der Waals surface area contributed by atoms with Crippen LogP contribution in [0.25, 0.3) is 10.8 Å².